The lowest BCUT2D eigenvalue weighted by atomic mass is 9.78. The number of halogens is 1. The fourth-order valence-electron chi connectivity index (χ4n) is 6.05. The van der Waals surface area contributed by atoms with Crippen LogP contribution in [0.5, 0.6) is 0 Å². The number of hydrogen-bond acceptors (Lipinski definition) is 1. The summed E-state index contributed by atoms with van der Waals surface area (Å²) in [6.45, 7) is 4.32. The maximum atomic E-state index is 13.4. The minimum atomic E-state index is -0.208. The summed E-state index contributed by atoms with van der Waals surface area (Å²) in [7, 11) is 2.10. The van der Waals surface area contributed by atoms with Gasteiger partial charge in [0.1, 0.15) is 12.9 Å². The van der Waals surface area contributed by atoms with Crippen molar-refractivity contribution in [1.29, 1.82) is 0 Å². The molecule has 0 N–H and O–H groups in total. The van der Waals surface area contributed by atoms with E-state index in [0.717, 1.165) is 16.8 Å². The highest BCUT2D eigenvalue weighted by Crippen LogP contribution is 2.57. The molecule has 4 aromatic rings. The van der Waals surface area contributed by atoms with Crippen LogP contribution in [-0.2, 0) is 12.5 Å². The fraction of sp³-hybridized carbons (Fsp3) is 0.267. The first-order valence-electron chi connectivity index (χ1n) is 11.9. The van der Waals surface area contributed by atoms with E-state index in [1.165, 1.54) is 77.0 Å². The Morgan fingerprint density at radius 2 is 1.55 bits per heavy atom. The molecule has 2 aromatic carbocycles. The summed E-state index contributed by atoms with van der Waals surface area (Å²) in [5, 5.41) is 0. The van der Waals surface area contributed by atoms with Gasteiger partial charge in [-0.1, -0.05) is 37.1 Å². The minimum absolute atomic E-state index is 0.0613. The Labute approximate surface area is 194 Å². The molecule has 33 heavy (non-hydrogen) atoms. The molecule has 0 radical (unpaired) electrons. The Kier molecular flexibility index (Phi) is 4.52. The molecule has 164 valence electrons. The third-order valence-electron chi connectivity index (χ3n) is 7.70. The number of aromatic nitrogens is 2. The molecule has 0 atom stereocenters. The van der Waals surface area contributed by atoms with Crippen molar-refractivity contribution in [2.24, 2.45) is 7.05 Å². The van der Waals surface area contributed by atoms with E-state index < -0.39 is 0 Å². The van der Waals surface area contributed by atoms with Crippen molar-refractivity contribution in [1.82, 2.24) is 4.98 Å². The minimum Gasteiger partial charge on any atom is -0.257 e. The van der Waals surface area contributed by atoms with E-state index in [1.54, 1.807) is 0 Å². The zero-order chi connectivity index (χ0) is 22.7. The number of hydrogen-bond donors (Lipinski definition) is 0. The SMILES string of the molecule is Cc1ccc2c(n1)C1(CCCC1)c1cc(-c3ccc(-c4ccc(F)cc4)c[n+]3C)c(C)cc1-2. The first-order chi connectivity index (χ1) is 16.0. The van der Waals surface area contributed by atoms with Crippen molar-refractivity contribution >= 4 is 0 Å². The first-order valence-corrected chi connectivity index (χ1v) is 11.9. The van der Waals surface area contributed by atoms with Crippen LogP contribution >= 0.6 is 0 Å². The Hall–Kier alpha value is -3.33. The molecule has 0 bridgehead atoms. The Bertz CT molecular complexity index is 1400. The summed E-state index contributed by atoms with van der Waals surface area (Å²) < 4.78 is 15.6. The van der Waals surface area contributed by atoms with Gasteiger partial charge in [0.25, 0.3) is 0 Å². The number of rotatable bonds is 2. The maximum Gasteiger partial charge on any atom is 0.212 e. The van der Waals surface area contributed by atoms with E-state index in [-0.39, 0.29) is 11.2 Å². The molecule has 0 saturated heterocycles. The standard InChI is InChI=1S/C30H28FN2/c1-19-16-26-24-12-6-20(2)32-29(24)30(14-4-5-15-30)27(26)17-25(19)28-13-9-22(18-33(28)3)21-7-10-23(31)11-8-21/h6-13,16-18H,4-5,14-15H2,1-3H3/q+1. The predicted molar refractivity (Wildman–Crippen MR) is 130 cm³/mol. The van der Waals surface area contributed by atoms with E-state index in [4.69, 9.17) is 4.98 Å². The van der Waals surface area contributed by atoms with Gasteiger partial charge in [0.05, 0.1) is 5.69 Å². The molecule has 3 heteroatoms. The molecule has 1 fully saturated rings. The summed E-state index contributed by atoms with van der Waals surface area (Å²) in [5.74, 6) is -0.208. The first kappa shape index (κ1) is 20.3. The van der Waals surface area contributed by atoms with Crippen LogP contribution in [0.4, 0.5) is 4.39 Å². The Morgan fingerprint density at radius 1 is 0.818 bits per heavy atom. The van der Waals surface area contributed by atoms with Crippen LogP contribution in [0.3, 0.4) is 0 Å². The van der Waals surface area contributed by atoms with Gasteiger partial charge in [-0.2, -0.15) is 0 Å². The van der Waals surface area contributed by atoms with Crippen molar-refractivity contribution in [2.75, 3.05) is 0 Å². The van der Waals surface area contributed by atoms with Crippen molar-refractivity contribution < 1.29 is 8.96 Å². The topological polar surface area (TPSA) is 16.8 Å². The lowest BCUT2D eigenvalue weighted by Gasteiger charge is -2.26. The average molecular weight is 436 g/mol. The van der Waals surface area contributed by atoms with Gasteiger partial charge in [0.2, 0.25) is 5.69 Å². The van der Waals surface area contributed by atoms with E-state index in [0.29, 0.717) is 0 Å². The van der Waals surface area contributed by atoms with Crippen molar-refractivity contribution in [3.05, 3.63) is 95.2 Å². The number of benzene rings is 2. The molecule has 0 amide bonds. The van der Waals surface area contributed by atoms with Crippen LogP contribution in [0.2, 0.25) is 0 Å². The lowest BCUT2D eigenvalue weighted by molar-refractivity contribution is -0.659. The van der Waals surface area contributed by atoms with Gasteiger partial charge < -0.3 is 0 Å². The van der Waals surface area contributed by atoms with Crippen molar-refractivity contribution in [3.8, 4) is 33.5 Å². The smallest absolute Gasteiger partial charge is 0.212 e. The van der Waals surface area contributed by atoms with Crippen LogP contribution in [0.25, 0.3) is 33.5 Å². The molecule has 2 aliphatic rings. The molecule has 2 heterocycles. The number of pyridine rings is 2. The summed E-state index contributed by atoms with van der Waals surface area (Å²) >= 11 is 0. The summed E-state index contributed by atoms with van der Waals surface area (Å²) in [6.07, 6.45) is 7.03. The van der Waals surface area contributed by atoms with E-state index in [1.807, 2.05) is 12.1 Å². The quantitative estimate of drug-likeness (QED) is 0.315. The van der Waals surface area contributed by atoms with Gasteiger partial charge in [-0.15, -0.1) is 0 Å². The average Bonchev–Trinajstić information content (AvgIpc) is 3.39. The fourth-order valence-corrected chi connectivity index (χ4v) is 6.05. The summed E-state index contributed by atoms with van der Waals surface area (Å²) in [4.78, 5) is 5.07. The van der Waals surface area contributed by atoms with Gasteiger partial charge in [-0.3, -0.25) is 4.98 Å². The third-order valence-corrected chi connectivity index (χ3v) is 7.70. The third kappa shape index (κ3) is 3.06. The molecule has 1 spiro atoms. The lowest BCUT2D eigenvalue weighted by Crippen LogP contribution is -2.31. The zero-order valence-electron chi connectivity index (χ0n) is 19.5. The zero-order valence-corrected chi connectivity index (χ0v) is 19.5. The van der Waals surface area contributed by atoms with Gasteiger partial charge in [0, 0.05) is 33.9 Å². The number of nitrogens with zero attached hydrogens (tertiary/aromatic N) is 2. The second-order valence-corrected chi connectivity index (χ2v) is 9.77. The van der Waals surface area contributed by atoms with E-state index in [2.05, 4.69) is 68.1 Å². The van der Waals surface area contributed by atoms with Crippen LogP contribution in [0, 0.1) is 19.7 Å². The number of aryl methyl sites for hydroxylation is 3. The Balaban J connectivity index is 1.49. The van der Waals surface area contributed by atoms with Crippen LogP contribution in [0.1, 0.15) is 48.2 Å². The highest BCUT2D eigenvalue weighted by Gasteiger charge is 2.46. The molecule has 2 aromatic heterocycles. The molecule has 2 aliphatic carbocycles. The highest BCUT2D eigenvalue weighted by atomic mass is 19.1. The second-order valence-electron chi connectivity index (χ2n) is 9.77. The van der Waals surface area contributed by atoms with Gasteiger partial charge >= 0.3 is 0 Å². The molecule has 6 rings (SSSR count). The van der Waals surface area contributed by atoms with Crippen molar-refractivity contribution in [2.45, 2.75) is 44.9 Å². The van der Waals surface area contributed by atoms with Crippen LogP contribution in [-0.4, -0.2) is 4.98 Å². The second kappa shape index (κ2) is 7.34. The Morgan fingerprint density at radius 3 is 2.27 bits per heavy atom. The molecular weight excluding hydrogens is 407 g/mol. The van der Waals surface area contributed by atoms with E-state index >= 15 is 0 Å². The van der Waals surface area contributed by atoms with Gasteiger partial charge in [-0.25, -0.2) is 8.96 Å². The predicted octanol–water partition coefficient (Wildman–Crippen LogP) is 6.84. The molecule has 1 saturated carbocycles. The summed E-state index contributed by atoms with van der Waals surface area (Å²) in [5.41, 5.74) is 12.4. The van der Waals surface area contributed by atoms with Crippen LogP contribution in [0.15, 0.2) is 66.9 Å². The van der Waals surface area contributed by atoms with Crippen LogP contribution < -0.4 is 4.57 Å². The largest absolute Gasteiger partial charge is 0.257 e. The van der Waals surface area contributed by atoms with Gasteiger partial charge in [0.15, 0.2) is 6.20 Å². The maximum absolute atomic E-state index is 13.4. The normalized spacial score (nSPS) is 15.6. The molecular formula is C30H28FN2+. The molecule has 0 unspecified atom stereocenters. The monoisotopic (exact) mass is 435 g/mol. The summed E-state index contributed by atoms with van der Waals surface area (Å²) in [6, 6.07) is 20.3. The molecule has 0 aliphatic heterocycles. The molecule has 2 nitrogen and oxygen atoms in total. The van der Waals surface area contributed by atoms with Crippen molar-refractivity contribution in [3.63, 3.8) is 0 Å². The number of fused-ring (bicyclic) bond motifs is 5. The highest BCUT2D eigenvalue weighted by molar-refractivity contribution is 5.84. The van der Waals surface area contributed by atoms with Gasteiger partial charge in [-0.05, 0) is 79.3 Å². The van der Waals surface area contributed by atoms with E-state index in [9.17, 15) is 4.39 Å².